The molecule has 0 atom stereocenters. The average Bonchev–Trinajstić information content (AvgIpc) is 1.97. The highest BCUT2D eigenvalue weighted by atomic mass is 35.5. The van der Waals surface area contributed by atoms with Gasteiger partial charge in [-0.25, -0.2) is 0 Å². The average molecular weight is 210 g/mol. The molecule has 0 amide bonds. The van der Waals surface area contributed by atoms with Crippen LogP contribution in [0.25, 0.3) is 0 Å². The maximum atomic E-state index is 11.1. The van der Waals surface area contributed by atoms with E-state index in [4.69, 9.17) is 15.2 Å². The summed E-state index contributed by atoms with van der Waals surface area (Å²) in [6.07, 6.45) is 0.386. The third kappa shape index (κ3) is 3.14. The van der Waals surface area contributed by atoms with Gasteiger partial charge in [0.15, 0.2) is 0 Å². The van der Waals surface area contributed by atoms with Gasteiger partial charge in [-0.05, 0) is 6.92 Å². The summed E-state index contributed by atoms with van der Waals surface area (Å²) in [5.41, 5.74) is 5.39. The third-order valence-electron chi connectivity index (χ3n) is 2.07. The highest BCUT2D eigenvalue weighted by molar-refractivity contribution is 5.85. The number of ether oxygens (including phenoxy) is 2. The second-order valence-corrected chi connectivity index (χ2v) is 3.18. The molecule has 0 aromatic rings. The van der Waals surface area contributed by atoms with Gasteiger partial charge in [-0.2, -0.15) is 0 Å². The fraction of sp³-hybridized carbons (Fsp3) is 0.875. The van der Waals surface area contributed by atoms with Crippen molar-refractivity contribution in [2.75, 3.05) is 26.4 Å². The lowest BCUT2D eigenvalue weighted by Gasteiger charge is -2.39. The number of halogens is 1. The molecule has 0 aromatic carbocycles. The fourth-order valence-corrected chi connectivity index (χ4v) is 1.20. The first-order chi connectivity index (χ1) is 5.72. The van der Waals surface area contributed by atoms with Gasteiger partial charge in [0.1, 0.15) is 0 Å². The minimum absolute atomic E-state index is 0. The molecular weight excluding hydrogens is 194 g/mol. The number of rotatable bonds is 4. The van der Waals surface area contributed by atoms with Gasteiger partial charge >= 0.3 is 5.97 Å². The molecule has 1 rings (SSSR count). The van der Waals surface area contributed by atoms with Crippen LogP contribution in [-0.2, 0) is 14.3 Å². The first-order valence-electron chi connectivity index (χ1n) is 4.16. The summed E-state index contributed by atoms with van der Waals surface area (Å²) >= 11 is 0. The lowest BCUT2D eigenvalue weighted by Crippen LogP contribution is -2.49. The molecule has 0 radical (unpaired) electrons. The number of carbonyl (C=O) groups is 1. The number of esters is 1. The minimum atomic E-state index is -0.175. The monoisotopic (exact) mass is 209 g/mol. The van der Waals surface area contributed by atoms with Crippen molar-refractivity contribution >= 4 is 18.4 Å². The molecule has 0 aromatic heterocycles. The maximum absolute atomic E-state index is 11.1. The number of hydrogen-bond donors (Lipinski definition) is 1. The van der Waals surface area contributed by atoms with Gasteiger partial charge in [-0.3, -0.25) is 4.79 Å². The first-order valence-corrected chi connectivity index (χ1v) is 4.16. The van der Waals surface area contributed by atoms with Crippen LogP contribution in [0, 0.1) is 5.41 Å². The Morgan fingerprint density at radius 1 is 1.62 bits per heavy atom. The van der Waals surface area contributed by atoms with Crippen LogP contribution in [0.5, 0.6) is 0 Å². The molecule has 0 spiro atoms. The zero-order chi connectivity index (χ0) is 9.03. The lowest BCUT2D eigenvalue weighted by molar-refractivity contribution is -0.159. The largest absolute Gasteiger partial charge is 0.466 e. The smallest absolute Gasteiger partial charge is 0.306 e. The van der Waals surface area contributed by atoms with Crippen LogP contribution >= 0.6 is 12.4 Å². The highest BCUT2D eigenvalue weighted by Crippen LogP contribution is 2.30. The molecule has 0 bridgehead atoms. The number of carbonyl (C=O) groups excluding carboxylic acids is 1. The van der Waals surface area contributed by atoms with Crippen molar-refractivity contribution in [3.05, 3.63) is 0 Å². The van der Waals surface area contributed by atoms with E-state index in [0.29, 0.717) is 32.8 Å². The molecule has 1 heterocycles. The van der Waals surface area contributed by atoms with Crippen molar-refractivity contribution in [1.29, 1.82) is 0 Å². The Labute approximate surface area is 84.2 Å². The molecule has 1 fully saturated rings. The van der Waals surface area contributed by atoms with E-state index >= 15 is 0 Å². The van der Waals surface area contributed by atoms with E-state index < -0.39 is 0 Å². The van der Waals surface area contributed by atoms with Crippen LogP contribution < -0.4 is 5.73 Å². The van der Waals surface area contributed by atoms with Crippen LogP contribution in [0.2, 0.25) is 0 Å². The van der Waals surface area contributed by atoms with E-state index in [1.807, 2.05) is 0 Å². The highest BCUT2D eigenvalue weighted by Gasteiger charge is 2.39. The summed E-state index contributed by atoms with van der Waals surface area (Å²) in [7, 11) is 0. The normalized spacial score (nSPS) is 18.3. The predicted molar refractivity (Wildman–Crippen MR) is 50.8 cm³/mol. The summed E-state index contributed by atoms with van der Waals surface area (Å²) in [6.45, 7) is 3.89. The van der Waals surface area contributed by atoms with Crippen molar-refractivity contribution in [3.63, 3.8) is 0 Å². The Bertz CT molecular complexity index is 165. The minimum Gasteiger partial charge on any atom is -0.466 e. The van der Waals surface area contributed by atoms with Crippen LogP contribution in [0.4, 0.5) is 0 Å². The molecule has 2 N–H and O–H groups in total. The third-order valence-corrected chi connectivity index (χ3v) is 2.07. The van der Waals surface area contributed by atoms with Crippen LogP contribution in [0.3, 0.4) is 0 Å². The van der Waals surface area contributed by atoms with E-state index in [2.05, 4.69) is 0 Å². The Balaban J connectivity index is 0.00000144. The van der Waals surface area contributed by atoms with E-state index in [9.17, 15) is 4.79 Å². The van der Waals surface area contributed by atoms with Crippen molar-refractivity contribution in [3.8, 4) is 0 Å². The van der Waals surface area contributed by atoms with Crippen molar-refractivity contribution < 1.29 is 14.3 Å². The fourth-order valence-electron chi connectivity index (χ4n) is 1.20. The van der Waals surface area contributed by atoms with E-state index in [0.717, 1.165) is 0 Å². The van der Waals surface area contributed by atoms with Gasteiger partial charge in [0.2, 0.25) is 0 Å². The quantitative estimate of drug-likeness (QED) is 0.679. The van der Waals surface area contributed by atoms with Gasteiger partial charge in [-0.15, -0.1) is 12.4 Å². The summed E-state index contributed by atoms with van der Waals surface area (Å²) in [5, 5.41) is 0. The summed E-state index contributed by atoms with van der Waals surface area (Å²) in [5.74, 6) is -0.175. The Kier molecular flexibility index (Phi) is 5.29. The van der Waals surface area contributed by atoms with Gasteiger partial charge in [0.25, 0.3) is 0 Å². The lowest BCUT2D eigenvalue weighted by atomic mass is 9.83. The van der Waals surface area contributed by atoms with Crippen LogP contribution in [0.15, 0.2) is 0 Å². The van der Waals surface area contributed by atoms with Gasteiger partial charge in [0, 0.05) is 12.0 Å². The second-order valence-electron chi connectivity index (χ2n) is 3.18. The topological polar surface area (TPSA) is 61.5 Å². The first kappa shape index (κ1) is 12.7. The summed E-state index contributed by atoms with van der Waals surface area (Å²) < 4.78 is 9.85. The molecule has 4 nitrogen and oxygen atoms in total. The summed E-state index contributed by atoms with van der Waals surface area (Å²) in [4.78, 5) is 11.1. The predicted octanol–water partition coefficient (Wildman–Crippen LogP) is 0.337. The summed E-state index contributed by atoms with van der Waals surface area (Å²) in [6, 6.07) is 0. The molecule has 1 saturated heterocycles. The van der Waals surface area contributed by atoms with Gasteiger partial charge in [0.05, 0.1) is 26.2 Å². The number of nitrogens with two attached hydrogens (primary N) is 1. The SMILES string of the molecule is CCOC(=O)CC1(CN)COC1.Cl. The van der Waals surface area contributed by atoms with Gasteiger partial charge < -0.3 is 15.2 Å². The molecule has 78 valence electrons. The van der Waals surface area contributed by atoms with E-state index in [1.165, 1.54) is 0 Å². The molecule has 5 heteroatoms. The van der Waals surface area contributed by atoms with Crippen LogP contribution in [0.1, 0.15) is 13.3 Å². The molecule has 1 aliphatic rings. The zero-order valence-electron chi connectivity index (χ0n) is 7.75. The van der Waals surface area contributed by atoms with E-state index in [-0.39, 0.29) is 23.8 Å². The molecular formula is C8H16ClNO3. The van der Waals surface area contributed by atoms with Crippen molar-refractivity contribution in [2.24, 2.45) is 11.1 Å². The Morgan fingerprint density at radius 2 is 2.23 bits per heavy atom. The Hall–Kier alpha value is -0.320. The maximum Gasteiger partial charge on any atom is 0.306 e. The number of hydrogen-bond acceptors (Lipinski definition) is 4. The van der Waals surface area contributed by atoms with Gasteiger partial charge in [-0.1, -0.05) is 0 Å². The molecule has 0 saturated carbocycles. The molecule has 13 heavy (non-hydrogen) atoms. The molecule has 0 unspecified atom stereocenters. The van der Waals surface area contributed by atoms with E-state index in [1.54, 1.807) is 6.92 Å². The second kappa shape index (κ2) is 5.42. The van der Waals surface area contributed by atoms with Crippen molar-refractivity contribution in [1.82, 2.24) is 0 Å². The Morgan fingerprint density at radius 3 is 2.54 bits per heavy atom. The standard InChI is InChI=1S/C8H15NO3.ClH/c1-2-12-7(10)3-8(4-9)5-11-6-8;/h2-6,9H2,1H3;1H. The molecule has 0 aliphatic carbocycles. The van der Waals surface area contributed by atoms with Crippen molar-refractivity contribution in [2.45, 2.75) is 13.3 Å². The zero-order valence-corrected chi connectivity index (χ0v) is 8.56. The molecule has 1 aliphatic heterocycles. The van der Waals surface area contributed by atoms with Crippen LogP contribution in [-0.4, -0.2) is 32.3 Å².